The molecule has 1 aliphatic carbocycles. The lowest BCUT2D eigenvalue weighted by molar-refractivity contribution is -0.163. The lowest BCUT2D eigenvalue weighted by atomic mass is 9.99. The summed E-state index contributed by atoms with van der Waals surface area (Å²) in [5.74, 6) is -1.66. The van der Waals surface area contributed by atoms with E-state index in [0.717, 1.165) is 49.6 Å². The zero-order chi connectivity index (χ0) is 29.6. The van der Waals surface area contributed by atoms with Crippen LogP contribution in [0.1, 0.15) is 70.9 Å². The van der Waals surface area contributed by atoms with Crippen molar-refractivity contribution in [1.82, 2.24) is 0 Å². The van der Waals surface area contributed by atoms with E-state index in [4.69, 9.17) is 14.2 Å². The molecule has 0 heterocycles. The number of alkyl halides is 3. The van der Waals surface area contributed by atoms with Gasteiger partial charge in [0.2, 0.25) is 0 Å². The van der Waals surface area contributed by atoms with Gasteiger partial charge in [-0.15, -0.1) is 0 Å². The van der Waals surface area contributed by atoms with Gasteiger partial charge in [0.05, 0.1) is 23.1 Å². The number of carbonyl (C=O) groups is 3. The monoisotopic (exact) mass is 586 g/mol. The number of benzene rings is 3. The van der Waals surface area contributed by atoms with Gasteiger partial charge >= 0.3 is 18.1 Å². The Hall–Kier alpha value is -3.79. The Bertz CT molecular complexity index is 1420. The summed E-state index contributed by atoms with van der Waals surface area (Å²) in [5.41, 5.74) is -1.29. The molecule has 1 aliphatic rings. The number of carbonyl (C=O) groups excluding carboxylic acids is 3. The Labute approximate surface area is 240 Å². The topological polar surface area (TPSA) is 78.9 Å². The highest BCUT2D eigenvalue weighted by atomic mass is 32.2. The summed E-state index contributed by atoms with van der Waals surface area (Å²) in [6.45, 7) is 1.40. The number of esters is 2. The second kappa shape index (κ2) is 12.8. The van der Waals surface area contributed by atoms with E-state index in [0.29, 0.717) is 17.1 Å². The number of methoxy groups -OCH3 is 1. The third-order valence-electron chi connectivity index (χ3n) is 7.02. The second-order valence-corrected chi connectivity index (χ2v) is 10.7. The molecule has 3 aromatic rings. The van der Waals surface area contributed by atoms with Crippen LogP contribution in [-0.2, 0) is 20.4 Å². The molecule has 0 amide bonds. The summed E-state index contributed by atoms with van der Waals surface area (Å²) in [6, 6.07) is 15.3. The summed E-state index contributed by atoms with van der Waals surface area (Å²) >= 11 is 0.975. The Morgan fingerprint density at radius 1 is 0.902 bits per heavy atom. The van der Waals surface area contributed by atoms with Gasteiger partial charge in [0.15, 0.2) is 12.4 Å². The molecule has 4 rings (SSSR count). The van der Waals surface area contributed by atoms with Crippen LogP contribution in [0.2, 0.25) is 0 Å². The molecule has 216 valence electrons. The number of ether oxygens (including phenoxy) is 3. The molecule has 0 spiro atoms. The predicted molar refractivity (Wildman–Crippen MR) is 146 cm³/mol. The SMILES string of the molecule is CCC1(OC(=O)COC(=O)c2ccc(OC)c(Sc3ccc(C(F)(F)F)cc3C(=O)c3ccccc3)c2)CCCC1. The van der Waals surface area contributed by atoms with Crippen molar-refractivity contribution < 1.29 is 41.8 Å². The summed E-state index contributed by atoms with van der Waals surface area (Å²) in [4.78, 5) is 39.0. The van der Waals surface area contributed by atoms with Gasteiger partial charge in [-0.25, -0.2) is 9.59 Å². The normalized spacial score (nSPS) is 14.4. The predicted octanol–water partition coefficient (Wildman–Crippen LogP) is 7.52. The maximum absolute atomic E-state index is 13.5. The first-order valence-corrected chi connectivity index (χ1v) is 13.9. The van der Waals surface area contributed by atoms with Crippen LogP contribution >= 0.6 is 11.8 Å². The molecule has 0 unspecified atom stereocenters. The smallest absolute Gasteiger partial charge is 0.416 e. The van der Waals surface area contributed by atoms with Gasteiger partial charge in [0.1, 0.15) is 11.4 Å². The highest BCUT2D eigenvalue weighted by molar-refractivity contribution is 7.99. The molecule has 41 heavy (non-hydrogen) atoms. The zero-order valence-corrected chi connectivity index (χ0v) is 23.4. The minimum atomic E-state index is -4.65. The molecule has 0 radical (unpaired) electrons. The van der Waals surface area contributed by atoms with E-state index in [-0.39, 0.29) is 21.6 Å². The zero-order valence-electron chi connectivity index (χ0n) is 22.6. The van der Waals surface area contributed by atoms with Crippen LogP contribution in [0.15, 0.2) is 76.5 Å². The van der Waals surface area contributed by atoms with Crippen molar-refractivity contribution >= 4 is 29.5 Å². The van der Waals surface area contributed by atoms with Crippen molar-refractivity contribution in [2.45, 2.75) is 60.6 Å². The third kappa shape index (κ3) is 7.30. The molecular weight excluding hydrogens is 557 g/mol. The number of halogens is 3. The minimum absolute atomic E-state index is 0.0926. The standard InChI is InChI=1S/C31H29F3O6S/c1-3-30(15-7-8-16-30)40-27(35)19-39-29(37)21-11-13-24(38-2)26(17-21)41-25-14-12-22(31(32,33)34)18-23(25)28(36)20-9-5-4-6-10-20/h4-6,9-14,17-18H,3,7-8,15-16,19H2,1-2H3. The fourth-order valence-corrected chi connectivity index (χ4v) is 5.82. The highest BCUT2D eigenvalue weighted by Crippen LogP contribution is 2.40. The maximum Gasteiger partial charge on any atom is 0.416 e. The fourth-order valence-electron chi connectivity index (χ4n) is 4.75. The second-order valence-electron chi connectivity index (χ2n) is 9.67. The van der Waals surface area contributed by atoms with E-state index in [1.54, 1.807) is 18.2 Å². The number of hydrogen-bond donors (Lipinski definition) is 0. The van der Waals surface area contributed by atoms with Crippen LogP contribution in [0.5, 0.6) is 5.75 Å². The number of hydrogen-bond acceptors (Lipinski definition) is 7. The fraction of sp³-hybridized carbons (Fsp3) is 0.323. The Kier molecular flexibility index (Phi) is 9.42. The minimum Gasteiger partial charge on any atom is -0.496 e. The van der Waals surface area contributed by atoms with E-state index in [2.05, 4.69) is 0 Å². The highest BCUT2D eigenvalue weighted by Gasteiger charge is 2.36. The molecule has 0 N–H and O–H groups in total. The third-order valence-corrected chi connectivity index (χ3v) is 8.13. The molecule has 0 atom stereocenters. The van der Waals surface area contributed by atoms with Crippen molar-refractivity contribution in [3.63, 3.8) is 0 Å². The van der Waals surface area contributed by atoms with Gasteiger partial charge in [-0.05, 0) is 68.5 Å². The van der Waals surface area contributed by atoms with Crippen LogP contribution in [-0.4, -0.2) is 37.0 Å². The molecule has 3 aromatic carbocycles. The molecule has 10 heteroatoms. The van der Waals surface area contributed by atoms with Crippen LogP contribution < -0.4 is 4.74 Å². The molecule has 0 bridgehead atoms. The van der Waals surface area contributed by atoms with Gasteiger partial charge in [-0.2, -0.15) is 13.2 Å². The summed E-state index contributed by atoms with van der Waals surface area (Å²) < 4.78 is 56.8. The Morgan fingerprint density at radius 3 is 2.24 bits per heavy atom. The van der Waals surface area contributed by atoms with Gasteiger partial charge in [-0.3, -0.25) is 4.79 Å². The van der Waals surface area contributed by atoms with Crippen LogP contribution in [0.25, 0.3) is 0 Å². The lowest BCUT2D eigenvalue weighted by Crippen LogP contribution is -2.33. The van der Waals surface area contributed by atoms with Gasteiger partial charge in [0, 0.05) is 16.0 Å². The van der Waals surface area contributed by atoms with Crippen molar-refractivity contribution in [2.24, 2.45) is 0 Å². The lowest BCUT2D eigenvalue weighted by Gasteiger charge is -2.27. The quantitative estimate of drug-likeness (QED) is 0.180. The van der Waals surface area contributed by atoms with Crippen molar-refractivity contribution in [3.05, 3.63) is 89.0 Å². The van der Waals surface area contributed by atoms with Gasteiger partial charge in [-0.1, -0.05) is 49.0 Å². The van der Waals surface area contributed by atoms with Gasteiger partial charge in [0.25, 0.3) is 0 Å². The van der Waals surface area contributed by atoms with E-state index < -0.39 is 41.7 Å². The number of rotatable bonds is 10. The van der Waals surface area contributed by atoms with Crippen LogP contribution in [0, 0.1) is 0 Å². The molecular formula is C31H29F3O6S. The van der Waals surface area contributed by atoms with E-state index in [1.165, 1.54) is 43.5 Å². The molecule has 1 fully saturated rings. The number of ketones is 1. The Morgan fingerprint density at radius 2 is 1.61 bits per heavy atom. The largest absolute Gasteiger partial charge is 0.496 e. The van der Waals surface area contributed by atoms with E-state index in [9.17, 15) is 27.6 Å². The van der Waals surface area contributed by atoms with E-state index >= 15 is 0 Å². The first kappa shape index (κ1) is 30.2. The van der Waals surface area contributed by atoms with Crippen molar-refractivity contribution in [1.29, 1.82) is 0 Å². The summed E-state index contributed by atoms with van der Waals surface area (Å²) in [7, 11) is 1.41. The molecule has 1 saturated carbocycles. The molecule has 0 aromatic heterocycles. The molecule has 0 aliphatic heterocycles. The van der Waals surface area contributed by atoms with Crippen LogP contribution in [0.4, 0.5) is 13.2 Å². The molecule has 6 nitrogen and oxygen atoms in total. The summed E-state index contributed by atoms with van der Waals surface area (Å²) in [6.07, 6.45) is -0.450. The first-order chi connectivity index (χ1) is 19.5. The molecule has 0 saturated heterocycles. The first-order valence-electron chi connectivity index (χ1n) is 13.1. The van der Waals surface area contributed by atoms with Crippen LogP contribution in [0.3, 0.4) is 0 Å². The average Bonchev–Trinajstić information content (AvgIpc) is 3.44. The van der Waals surface area contributed by atoms with Crippen molar-refractivity contribution in [3.8, 4) is 5.75 Å². The van der Waals surface area contributed by atoms with Gasteiger partial charge < -0.3 is 14.2 Å². The van der Waals surface area contributed by atoms with Crippen molar-refractivity contribution in [2.75, 3.05) is 13.7 Å². The maximum atomic E-state index is 13.5. The summed E-state index contributed by atoms with van der Waals surface area (Å²) in [5, 5.41) is 0. The average molecular weight is 587 g/mol. The van der Waals surface area contributed by atoms with E-state index in [1.807, 2.05) is 6.92 Å². The Balaban J connectivity index is 1.57.